The largest absolute Gasteiger partial charge is 0.486 e. The van der Waals surface area contributed by atoms with Crippen LogP contribution in [0.25, 0.3) is 0 Å². The summed E-state index contributed by atoms with van der Waals surface area (Å²) in [5.41, 5.74) is 2.31. The molecule has 1 saturated heterocycles. The molecule has 1 fully saturated rings. The lowest BCUT2D eigenvalue weighted by Gasteiger charge is -2.34. The number of benzene rings is 1. The van der Waals surface area contributed by atoms with Crippen molar-refractivity contribution in [2.45, 2.75) is 38.8 Å². The summed E-state index contributed by atoms with van der Waals surface area (Å²) in [4.78, 5) is 2.49. The molecule has 3 heterocycles. The van der Waals surface area contributed by atoms with Crippen molar-refractivity contribution < 1.29 is 14.0 Å². The third-order valence-corrected chi connectivity index (χ3v) is 4.59. The number of nitrogens with zero attached hydrogens (tertiary/aromatic N) is 2. The number of rotatable bonds is 3. The fourth-order valence-corrected chi connectivity index (χ4v) is 3.48. The Bertz CT molecular complexity index is 683. The Morgan fingerprint density at radius 2 is 2.00 bits per heavy atom. The van der Waals surface area contributed by atoms with Crippen LogP contribution in [0.15, 0.2) is 28.8 Å². The average molecular weight is 314 g/mol. The molecule has 2 aliphatic rings. The minimum Gasteiger partial charge on any atom is -0.486 e. The highest BCUT2D eigenvalue weighted by atomic mass is 16.6. The molecule has 0 amide bonds. The zero-order valence-electron chi connectivity index (χ0n) is 13.5. The monoisotopic (exact) mass is 314 g/mol. The molecule has 1 aromatic carbocycles. The van der Waals surface area contributed by atoms with Crippen molar-refractivity contribution in [3.63, 3.8) is 0 Å². The van der Waals surface area contributed by atoms with E-state index in [1.807, 2.05) is 13.0 Å². The van der Waals surface area contributed by atoms with Gasteiger partial charge in [-0.1, -0.05) is 17.6 Å². The highest BCUT2D eigenvalue weighted by Crippen LogP contribution is 2.34. The second-order valence-electron chi connectivity index (χ2n) is 6.32. The van der Waals surface area contributed by atoms with Gasteiger partial charge in [0.25, 0.3) is 0 Å². The lowest BCUT2D eigenvalue weighted by atomic mass is 9.98. The zero-order valence-corrected chi connectivity index (χ0v) is 13.5. The summed E-state index contributed by atoms with van der Waals surface area (Å²) < 4.78 is 16.6. The minimum absolute atomic E-state index is 0.342. The third kappa shape index (κ3) is 3.06. The standard InChI is InChI=1S/C18H22N2O3/c1-13-10-15(19-23-13)16-4-2-3-7-20(16)12-14-5-6-17-18(11-14)22-9-8-21-17/h5-6,10-11,16H,2-4,7-9,12H2,1H3/t16-/m1/s1. The van der Waals surface area contributed by atoms with Gasteiger partial charge in [0.15, 0.2) is 11.5 Å². The van der Waals surface area contributed by atoms with Gasteiger partial charge in [-0.2, -0.15) is 0 Å². The molecule has 0 aliphatic carbocycles. The topological polar surface area (TPSA) is 47.7 Å². The maximum Gasteiger partial charge on any atom is 0.161 e. The molecule has 0 unspecified atom stereocenters. The molecule has 2 aromatic rings. The van der Waals surface area contributed by atoms with Crippen LogP contribution in [0.2, 0.25) is 0 Å². The maximum atomic E-state index is 5.70. The summed E-state index contributed by atoms with van der Waals surface area (Å²) >= 11 is 0. The van der Waals surface area contributed by atoms with Gasteiger partial charge >= 0.3 is 0 Å². The van der Waals surface area contributed by atoms with Crippen LogP contribution >= 0.6 is 0 Å². The van der Waals surface area contributed by atoms with E-state index in [2.05, 4.69) is 28.3 Å². The number of aryl methyl sites for hydroxylation is 1. The van der Waals surface area contributed by atoms with Crippen LogP contribution in [0.5, 0.6) is 11.5 Å². The molecule has 0 spiro atoms. The van der Waals surface area contributed by atoms with Gasteiger partial charge in [-0.25, -0.2) is 0 Å². The van der Waals surface area contributed by atoms with E-state index in [0.29, 0.717) is 19.3 Å². The summed E-state index contributed by atoms with van der Waals surface area (Å²) in [6, 6.07) is 8.66. The van der Waals surface area contributed by atoms with E-state index in [4.69, 9.17) is 14.0 Å². The first-order valence-corrected chi connectivity index (χ1v) is 8.35. The molecular formula is C18H22N2O3. The van der Waals surface area contributed by atoms with E-state index < -0.39 is 0 Å². The fraction of sp³-hybridized carbons (Fsp3) is 0.500. The molecule has 23 heavy (non-hydrogen) atoms. The van der Waals surface area contributed by atoms with Gasteiger partial charge in [-0.3, -0.25) is 4.90 Å². The van der Waals surface area contributed by atoms with Gasteiger partial charge in [-0.15, -0.1) is 0 Å². The van der Waals surface area contributed by atoms with E-state index in [9.17, 15) is 0 Å². The van der Waals surface area contributed by atoms with Crippen molar-refractivity contribution in [2.75, 3.05) is 19.8 Å². The lowest BCUT2D eigenvalue weighted by Crippen LogP contribution is -2.33. The Morgan fingerprint density at radius 1 is 1.13 bits per heavy atom. The molecule has 4 rings (SSSR count). The molecule has 122 valence electrons. The van der Waals surface area contributed by atoms with Crippen molar-refractivity contribution in [3.05, 3.63) is 41.3 Å². The summed E-state index contributed by atoms with van der Waals surface area (Å²) in [5.74, 6) is 2.59. The molecule has 0 bridgehead atoms. The van der Waals surface area contributed by atoms with Crippen molar-refractivity contribution >= 4 is 0 Å². The molecule has 5 nitrogen and oxygen atoms in total. The van der Waals surface area contributed by atoms with Crippen LogP contribution in [-0.4, -0.2) is 29.8 Å². The third-order valence-electron chi connectivity index (χ3n) is 4.59. The summed E-state index contributed by atoms with van der Waals surface area (Å²) in [6.45, 7) is 5.19. The smallest absolute Gasteiger partial charge is 0.161 e. The predicted octanol–water partition coefficient (Wildman–Crippen LogP) is 3.48. The lowest BCUT2D eigenvalue weighted by molar-refractivity contribution is 0.133. The molecule has 5 heteroatoms. The molecule has 0 saturated carbocycles. The summed E-state index contributed by atoms with van der Waals surface area (Å²) in [7, 11) is 0. The Hall–Kier alpha value is -2.01. The number of ether oxygens (including phenoxy) is 2. The van der Waals surface area contributed by atoms with Crippen LogP contribution in [-0.2, 0) is 6.54 Å². The fourth-order valence-electron chi connectivity index (χ4n) is 3.48. The van der Waals surface area contributed by atoms with Gasteiger partial charge in [0.05, 0.1) is 6.04 Å². The van der Waals surface area contributed by atoms with E-state index in [1.54, 1.807) is 0 Å². The normalized spacial score (nSPS) is 21.3. The SMILES string of the molecule is Cc1cc([C@H]2CCCCN2Cc2ccc3c(c2)OCCO3)no1. The Labute approximate surface area is 136 Å². The Kier molecular flexibility index (Phi) is 3.95. The molecular weight excluding hydrogens is 292 g/mol. The minimum atomic E-state index is 0.342. The molecule has 0 radical (unpaired) electrons. The Balaban J connectivity index is 1.54. The second kappa shape index (κ2) is 6.24. The van der Waals surface area contributed by atoms with Gasteiger partial charge in [0, 0.05) is 12.6 Å². The van der Waals surface area contributed by atoms with Gasteiger partial charge < -0.3 is 14.0 Å². The first kappa shape index (κ1) is 14.6. The van der Waals surface area contributed by atoms with E-state index in [0.717, 1.165) is 42.5 Å². The molecule has 2 aliphatic heterocycles. The zero-order chi connectivity index (χ0) is 15.6. The number of fused-ring (bicyclic) bond motifs is 1. The van der Waals surface area contributed by atoms with Gasteiger partial charge in [-0.05, 0) is 44.0 Å². The van der Waals surface area contributed by atoms with E-state index in [-0.39, 0.29) is 0 Å². The molecule has 1 aromatic heterocycles. The number of hydrogen-bond donors (Lipinski definition) is 0. The number of piperidine rings is 1. The van der Waals surface area contributed by atoms with E-state index >= 15 is 0 Å². The van der Waals surface area contributed by atoms with Crippen molar-refractivity contribution in [1.82, 2.24) is 10.1 Å². The summed E-state index contributed by atoms with van der Waals surface area (Å²) in [6.07, 6.45) is 3.61. The highest BCUT2D eigenvalue weighted by Gasteiger charge is 2.27. The van der Waals surface area contributed by atoms with Crippen molar-refractivity contribution in [3.8, 4) is 11.5 Å². The number of likely N-dealkylation sites (tertiary alicyclic amines) is 1. The van der Waals surface area contributed by atoms with Crippen LogP contribution in [0.4, 0.5) is 0 Å². The highest BCUT2D eigenvalue weighted by molar-refractivity contribution is 5.43. The van der Waals surface area contributed by atoms with Gasteiger partial charge in [0.2, 0.25) is 0 Å². The first-order valence-electron chi connectivity index (χ1n) is 8.35. The van der Waals surface area contributed by atoms with Gasteiger partial charge in [0.1, 0.15) is 24.7 Å². The van der Waals surface area contributed by atoms with Crippen molar-refractivity contribution in [1.29, 1.82) is 0 Å². The van der Waals surface area contributed by atoms with Crippen LogP contribution < -0.4 is 9.47 Å². The number of aromatic nitrogens is 1. The maximum absolute atomic E-state index is 5.70. The summed E-state index contributed by atoms with van der Waals surface area (Å²) in [5, 5.41) is 4.24. The van der Waals surface area contributed by atoms with E-state index in [1.165, 1.54) is 18.4 Å². The average Bonchev–Trinajstić information content (AvgIpc) is 3.01. The van der Waals surface area contributed by atoms with Crippen LogP contribution in [0.1, 0.15) is 42.3 Å². The predicted molar refractivity (Wildman–Crippen MR) is 85.7 cm³/mol. The second-order valence-corrected chi connectivity index (χ2v) is 6.32. The molecule has 0 N–H and O–H groups in total. The first-order chi connectivity index (χ1) is 11.3. The van der Waals surface area contributed by atoms with Crippen LogP contribution in [0, 0.1) is 6.92 Å². The quantitative estimate of drug-likeness (QED) is 0.868. The molecule has 1 atom stereocenters. The van der Waals surface area contributed by atoms with Crippen LogP contribution in [0.3, 0.4) is 0 Å². The van der Waals surface area contributed by atoms with Crippen molar-refractivity contribution in [2.24, 2.45) is 0 Å². The Morgan fingerprint density at radius 3 is 2.83 bits per heavy atom. The number of hydrogen-bond acceptors (Lipinski definition) is 5.